The largest absolute Gasteiger partial charge is 0.486 e. The molecule has 3 aromatic heterocycles. The normalized spacial score (nSPS) is 20.8. The van der Waals surface area contributed by atoms with Crippen molar-refractivity contribution in [3.05, 3.63) is 46.6 Å². The lowest BCUT2D eigenvalue weighted by Crippen LogP contribution is -2.45. The van der Waals surface area contributed by atoms with Gasteiger partial charge in [0.05, 0.1) is 50.6 Å². The first-order valence-electron chi connectivity index (χ1n) is 11.3. The molecule has 2 N–H and O–H groups in total. The summed E-state index contributed by atoms with van der Waals surface area (Å²) in [6, 6.07) is 5.05. The molecule has 0 saturated carbocycles. The topological polar surface area (TPSA) is 130 Å². The van der Waals surface area contributed by atoms with Crippen LogP contribution < -0.4 is 25.1 Å². The number of fused-ring (bicyclic) bond motifs is 2. The minimum absolute atomic E-state index is 0.0574. The first-order chi connectivity index (χ1) is 16.6. The number of rotatable bonds is 7. The van der Waals surface area contributed by atoms with Gasteiger partial charge in [0.1, 0.15) is 18.7 Å². The Balaban J connectivity index is 1.17. The van der Waals surface area contributed by atoms with Gasteiger partial charge < -0.3 is 29.4 Å². The van der Waals surface area contributed by atoms with Crippen LogP contribution in [0.4, 0.5) is 0 Å². The first-order valence-corrected chi connectivity index (χ1v) is 11.3. The van der Waals surface area contributed by atoms with Gasteiger partial charge in [0.25, 0.3) is 5.56 Å². The van der Waals surface area contributed by atoms with Gasteiger partial charge in [0, 0.05) is 24.7 Å². The molecule has 11 heteroatoms. The van der Waals surface area contributed by atoms with Crippen molar-refractivity contribution in [1.82, 2.24) is 24.8 Å². The quantitative estimate of drug-likeness (QED) is 0.509. The average Bonchev–Trinajstić information content (AvgIpc) is 2.89. The van der Waals surface area contributed by atoms with E-state index in [4.69, 9.17) is 18.9 Å². The van der Waals surface area contributed by atoms with Crippen LogP contribution in [0, 0.1) is 0 Å². The molecule has 0 spiro atoms. The van der Waals surface area contributed by atoms with Crippen LogP contribution in [0.15, 0.2) is 35.4 Å². The summed E-state index contributed by atoms with van der Waals surface area (Å²) in [4.78, 5) is 25.5. The summed E-state index contributed by atoms with van der Waals surface area (Å²) in [5.74, 6) is 1.69. The Morgan fingerprint density at radius 2 is 2.06 bits per heavy atom. The van der Waals surface area contributed by atoms with Crippen LogP contribution in [0.3, 0.4) is 0 Å². The lowest BCUT2D eigenvalue weighted by atomic mass is 10.0. The molecule has 2 aliphatic heterocycles. The predicted molar refractivity (Wildman–Crippen MR) is 121 cm³/mol. The predicted octanol–water partition coefficient (Wildman–Crippen LogP) is 0.665. The summed E-state index contributed by atoms with van der Waals surface area (Å²) < 4.78 is 23.6. The molecular formula is C23H27N5O6. The molecule has 0 aromatic carbocycles. The highest BCUT2D eigenvalue weighted by Gasteiger charge is 2.28. The van der Waals surface area contributed by atoms with E-state index in [1.165, 1.54) is 23.9 Å². The van der Waals surface area contributed by atoms with Crippen molar-refractivity contribution in [3.63, 3.8) is 0 Å². The van der Waals surface area contributed by atoms with Gasteiger partial charge in [-0.25, -0.2) is 4.98 Å². The zero-order valence-corrected chi connectivity index (χ0v) is 18.8. The Labute approximate surface area is 195 Å². The third-order valence-electron chi connectivity index (χ3n) is 6.04. The SMILES string of the molecule is COc1cnc2ccc(=O)n(C[C@H](O)[C@@H]3CC[C@@H](NCc4cc5c(cn4)OCCO5)CO3)c2n1. The van der Waals surface area contributed by atoms with Gasteiger partial charge >= 0.3 is 0 Å². The third kappa shape index (κ3) is 4.81. The number of pyridine rings is 2. The molecule has 3 atom stereocenters. The molecule has 0 aliphatic carbocycles. The van der Waals surface area contributed by atoms with E-state index in [0.29, 0.717) is 61.3 Å². The van der Waals surface area contributed by atoms with Crippen molar-refractivity contribution in [2.24, 2.45) is 0 Å². The van der Waals surface area contributed by atoms with E-state index in [0.717, 1.165) is 12.1 Å². The minimum atomic E-state index is -0.864. The molecule has 11 nitrogen and oxygen atoms in total. The highest BCUT2D eigenvalue weighted by Crippen LogP contribution is 2.29. The zero-order chi connectivity index (χ0) is 23.5. The van der Waals surface area contributed by atoms with Crippen molar-refractivity contribution in [2.75, 3.05) is 26.9 Å². The van der Waals surface area contributed by atoms with E-state index in [1.54, 1.807) is 12.3 Å². The first kappa shape index (κ1) is 22.5. The molecule has 34 heavy (non-hydrogen) atoms. The van der Waals surface area contributed by atoms with Crippen molar-refractivity contribution in [3.8, 4) is 17.4 Å². The Morgan fingerprint density at radius 1 is 1.21 bits per heavy atom. The van der Waals surface area contributed by atoms with Gasteiger partial charge in [-0.2, -0.15) is 4.98 Å². The van der Waals surface area contributed by atoms with E-state index < -0.39 is 6.10 Å². The standard InChI is InChI=1S/C23H27N5O6/c1-31-21-11-26-16-3-5-22(30)28(23(16)27-21)12-17(29)18-4-2-14(13-34-18)24-9-15-8-19-20(10-25-15)33-7-6-32-19/h3,5,8,10-11,14,17-18,24,29H,2,4,6-7,9,12-13H2,1H3/t14-,17+,18+/m1/s1. The molecule has 1 fully saturated rings. The van der Waals surface area contributed by atoms with E-state index in [-0.39, 0.29) is 24.2 Å². The van der Waals surface area contributed by atoms with Crippen molar-refractivity contribution in [2.45, 2.75) is 44.2 Å². The molecule has 0 unspecified atom stereocenters. The smallest absolute Gasteiger partial charge is 0.252 e. The number of nitrogens with zero attached hydrogens (tertiary/aromatic N) is 4. The maximum Gasteiger partial charge on any atom is 0.252 e. The van der Waals surface area contributed by atoms with Crippen LogP contribution in [0.2, 0.25) is 0 Å². The summed E-state index contributed by atoms with van der Waals surface area (Å²) in [5.41, 5.74) is 1.51. The molecular weight excluding hydrogens is 442 g/mol. The van der Waals surface area contributed by atoms with Gasteiger partial charge in [0.15, 0.2) is 17.1 Å². The summed E-state index contributed by atoms with van der Waals surface area (Å²) in [5, 5.41) is 14.3. The second-order valence-corrected chi connectivity index (χ2v) is 8.32. The fourth-order valence-electron chi connectivity index (χ4n) is 4.18. The highest BCUT2D eigenvalue weighted by molar-refractivity contribution is 5.70. The zero-order valence-electron chi connectivity index (χ0n) is 18.8. The number of aliphatic hydroxyl groups is 1. The molecule has 3 aromatic rings. The Kier molecular flexibility index (Phi) is 6.57. The molecule has 1 saturated heterocycles. The lowest BCUT2D eigenvalue weighted by Gasteiger charge is -2.32. The highest BCUT2D eigenvalue weighted by atomic mass is 16.6. The number of aromatic nitrogens is 4. The van der Waals surface area contributed by atoms with E-state index in [1.807, 2.05) is 6.07 Å². The second kappa shape index (κ2) is 9.92. The van der Waals surface area contributed by atoms with Gasteiger partial charge in [-0.05, 0) is 18.9 Å². The van der Waals surface area contributed by atoms with Crippen LogP contribution >= 0.6 is 0 Å². The van der Waals surface area contributed by atoms with Crippen molar-refractivity contribution >= 4 is 11.2 Å². The van der Waals surface area contributed by atoms with Crippen molar-refractivity contribution < 1.29 is 24.1 Å². The summed E-state index contributed by atoms with van der Waals surface area (Å²) >= 11 is 0. The van der Waals surface area contributed by atoms with Crippen molar-refractivity contribution in [1.29, 1.82) is 0 Å². The van der Waals surface area contributed by atoms with Crippen LogP contribution in [0.25, 0.3) is 11.2 Å². The van der Waals surface area contributed by atoms with Gasteiger partial charge in [-0.3, -0.25) is 14.3 Å². The van der Waals surface area contributed by atoms with E-state index in [9.17, 15) is 9.90 Å². The van der Waals surface area contributed by atoms with E-state index >= 15 is 0 Å². The fourth-order valence-corrected chi connectivity index (χ4v) is 4.18. The number of aliphatic hydroxyl groups excluding tert-OH is 1. The maximum atomic E-state index is 12.5. The molecule has 0 amide bonds. The van der Waals surface area contributed by atoms with Crippen LogP contribution in [0.5, 0.6) is 17.4 Å². The number of ether oxygens (including phenoxy) is 4. The summed E-state index contributed by atoms with van der Waals surface area (Å²) in [6.07, 6.45) is 3.41. The Bertz CT molecular complexity index is 1210. The lowest BCUT2D eigenvalue weighted by molar-refractivity contribution is -0.0771. The number of methoxy groups -OCH3 is 1. The summed E-state index contributed by atoms with van der Waals surface area (Å²) in [6.45, 7) is 2.15. The number of nitrogens with one attached hydrogen (secondary N) is 1. The number of hydrogen-bond acceptors (Lipinski definition) is 10. The van der Waals surface area contributed by atoms with Gasteiger partial charge in [0.2, 0.25) is 5.88 Å². The molecule has 5 heterocycles. The van der Waals surface area contributed by atoms with Gasteiger partial charge in [-0.15, -0.1) is 0 Å². The molecule has 0 bridgehead atoms. The summed E-state index contributed by atoms with van der Waals surface area (Å²) in [7, 11) is 1.49. The number of hydrogen-bond donors (Lipinski definition) is 2. The monoisotopic (exact) mass is 469 g/mol. The molecule has 180 valence electrons. The Hall–Kier alpha value is -3.28. The van der Waals surface area contributed by atoms with E-state index in [2.05, 4.69) is 20.3 Å². The molecule has 0 radical (unpaired) electrons. The van der Waals surface area contributed by atoms with Gasteiger partial charge in [-0.1, -0.05) is 0 Å². The maximum absolute atomic E-state index is 12.5. The molecule has 5 rings (SSSR count). The molecule has 2 aliphatic rings. The Morgan fingerprint density at radius 3 is 2.85 bits per heavy atom. The van der Waals surface area contributed by atoms with Crippen LogP contribution in [0.1, 0.15) is 18.5 Å². The average molecular weight is 469 g/mol. The second-order valence-electron chi connectivity index (χ2n) is 8.32. The van der Waals surface area contributed by atoms with Crippen LogP contribution in [-0.2, 0) is 17.8 Å². The fraction of sp³-hybridized carbons (Fsp3) is 0.478. The van der Waals surface area contributed by atoms with Crippen LogP contribution in [-0.4, -0.2) is 69.8 Å². The third-order valence-corrected chi connectivity index (χ3v) is 6.04. The minimum Gasteiger partial charge on any atom is -0.486 e.